The number of furan rings is 1. The van der Waals surface area contributed by atoms with E-state index in [2.05, 4.69) is 199 Å². The molecule has 0 aliphatic heterocycles. The van der Waals surface area contributed by atoms with E-state index in [9.17, 15) is 0 Å². The number of benzene rings is 9. The van der Waals surface area contributed by atoms with E-state index in [1.54, 1.807) is 0 Å². The van der Waals surface area contributed by atoms with Crippen LogP contribution in [0.1, 0.15) is 11.3 Å². The first-order chi connectivity index (χ1) is 34.7. The highest BCUT2D eigenvalue weighted by atomic mass is 16.3. The Morgan fingerprint density at radius 3 is 1.56 bits per heavy atom. The molecule has 0 fully saturated rings. The van der Waals surface area contributed by atoms with Crippen LogP contribution < -0.4 is 0 Å². The number of aromatic nitrogens is 5. The highest BCUT2D eigenvalue weighted by Gasteiger charge is 2.23. The van der Waals surface area contributed by atoms with E-state index in [0.717, 1.165) is 94.4 Å². The van der Waals surface area contributed by atoms with Crippen LogP contribution >= 0.6 is 0 Å². The molecule has 330 valence electrons. The second-order valence-electron chi connectivity index (χ2n) is 17.6. The lowest BCUT2D eigenvalue weighted by Crippen LogP contribution is -2.05. The molecule has 13 rings (SSSR count). The third-order valence-corrected chi connectivity index (χ3v) is 13.5. The maximum atomic E-state index is 6.73. The fourth-order valence-electron chi connectivity index (χ4n) is 10.3. The Balaban J connectivity index is 1.02. The highest BCUT2D eigenvalue weighted by molar-refractivity contribution is 6.28. The Bertz CT molecular complexity index is 3920. The number of hydrogen-bond donors (Lipinski definition) is 0. The Morgan fingerprint density at radius 1 is 0.371 bits per heavy atom. The van der Waals surface area contributed by atoms with Crippen LogP contribution in [0.4, 0.5) is 0 Å². The number of pyridine rings is 1. The highest BCUT2D eigenvalue weighted by Crippen LogP contribution is 2.44. The van der Waals surface area contributed by atoms with Crippen molar-refractivity contribution in [2.24, 2.45) is 0 Å². The summed E-state index contributed by atoms with van der Waals surface area (Å²) in [7, 11) is 0. The fraction of sp³-hybridized carbons (Fsp3) is 0.0312. The maximum absolute atomic E-state index is 6.73. The average Bonchev–Trinajstić information content (AvgIpc) is 4.00. The largest absolute Gasteiger partial charge is 0.456 e. The number of hydrogen-bond acceptors (Lipinski definition) is 5. The smallest absolute Gasteiger partial charge is 0.165 e. The molecule has 0 saturated heterocycles. The first-order valence-corrected chi connectivity index (χ1v) is 23.8. The summed E-state index contributed by atoms with van der Waals surface area (Å²) >= 11 is 0. The van der Waals surface area contributed by atoms with E-state index < -0.39 is 0 Å². The molecule has 0 amide bonds. The van der Waals surface area contributed by atoms with Crippen LogP contribution in [0.15, 0.2) is 241 Å². The van der Waals surface area contributed by atoms with Gasteiger partial charge in [0.25, 0.3) is 0 Å². The van der Waals surface area contributed by atoms with Crippen molar-refractivity contribution < 1.29 is 4.42 Å². The molecule has 0 bridgehead atoms. The van der Waals surface area contributed by atoms with Crippen LogP contribution in [0.5, 0.6) is 0 Å². The average molecular weight is 898 g/mol. The fourth-order valence-corrected chi connectivity index (χ4v) is 10.3. The summed E-state index contributed by atoms with van der Waals surface area (Å²) in [5.74, 6) is 1.77. The van der Waals surface area contributed by atoms with Crippen molar-refractivity contribution in [3.05, 3.63) is 248 Å². The SMILES string of the molecule is c1ccc(-c2nc(-c3ccccc3)nc(-c3cc(-c4c(-c5ccccc5)cccc4-c4ccccc4)cnc3CCc3cccc4oc5ccc6c(c7ccccc7n6-c6ccccc6)c5c34)n2)cc1. The summed E-state index contributed by atoms with van der Waals surface area (Å²) < 4.78 is 9.09. The van der Waals surface area contributed by atoms with Gasteiger partial charge in [-0.1, -0.05) is 188 Å². The second kappa shape index (κ2) is 17.4. The molecular weight excluding hydrogens is 855 g/mol. The predicted octanol–water partition coefficient (Wildman–Crippen LogP) is 16.1. The number of nitrogens with zero attached hydrogens (tertiary/aromatic N) is 5. The molecule has 4 aromatic heterocycles. The van der Waals surface area contributed by atoms with Crippen molar-refractivity contribution in [2.75, 3.05) is 0 Å². The van der Waals surface area contributed by atoms with E-state index in [1.165, 1.54) is 16.3 Å². The van der Waals surface area contributed by atoms with Crippen LogP contribution in [0, 0.1) is 0 Å². The molecular formula is C64H43N5O. The van der Waals surface area contributed by atoms with Gasteiger partial charge in [-0.3, -0.25) is 4.98 Å². The second-order valence-corrected chi connectivity index (χ2v) is 17.6. The molecule has 0 atom stereocenters. The van der Waals surface area contributed by atoms with Gasteiger partial charge < -0.3 is 8.98 Å². The molecule has 0 radical (unpaired) electrons. The zero-order valence-electron chi connectivity index (χ0n) is 38.1. The normalized spacial score (nSPS) is 11.5. The molecule has 0 spiro atoms. The van der Waals surface area contributed by atoms with Gasteiger partial charge in [0.1, 0.15) is 11.2 Å². The van der Waals surface area contributed by atoms with Crippen molar-refractivity contribution in [2.45, 2.75) is 12.8 Å². The Morgan fingerprint density at radius 2 is 0.914 bits per heavy atom. The third kappa shape index (κ3) is 7.22. The van der Waals surface area contributed by atoms with Crippen LogP contribution in [-0.4, -0.2) is 24.5 Å². The molecule has 9 aromatic carbocycles. The minimum absolute atomic E-state index is 0.568. The Kier molecular flexibility index (Phi) is 10.2. The molecule has 0 aliphatic rings. The van der Waals surface area contributed by atoms with Crippen LogP contribution in [0.3, 0.4) is 0 Å². The molecule has 13 aromatic rings. The molecule has 0 aliphatic carbocycles. The van der Waals surface area contributed by atoms with Crippen molar-refractivity contribution in [1.29, 1.82) is 0 Å². The van der Waals surface area contributed by atoms with E-state index in [4.69, 9.17) is 24.4 Å². The lowest BCUT2D eigenvalue weighted by atomic mass is 9.87. The number of rotatable bonds is 10. The number of para-hydroxylation sites is 2. The van der Waals surface area contributed by atoms with Gasteiger partial charge in [0.05, 0.1) is 16.7 Å². The van der Waals surface area contributed by atoms with Crippen molar-refractivity contribution in [3.8, 4) is 73.2 Å². The van der Waals surface area contributed by atoms with Gasteiger partial charge in [0.2, 0.25) is 0 Å². The van der Waals surface area contributed by atoms with Crippen molar-refractivity contribution in [1.82, 2.24) is 24.5 Å². The van der Waals surface area contributed by atoms with Crippen molar-refractivity contribution >= 4 is 43.7 Å². The summed E-state index contributed by atoms with van der Waals surface area (Å²) in [6.07, 6.45) is 3.35. The van der Waals surface area contributed by atoms with E-state index in [-0.39, 0.29) is 0 Å². The first kappa shape index (κ1) is 41.0. The molecule has 70 heavy (non-hydrogen) atoms. The Labute approximate surface area is 404 Å². The molecule has 0 unspecified atom stereocenters. The molecule has 0 saturated carbocycles. The molecule has 6 nitrogen and oxygen atoms in total. The summed E-state index contributed by atoms with van der Waals surface area (Å²) in [5, 5.41) is 4.62. The van der Waals surface area contributed by atoms with Gasteiger partial charge >= 0.3 is 0 Å². The number of fused-ring (bicyclic) bond motifs is 7. The topological polar surface area (TPSA) is 69.6 Å². The quantitative estimate of drug-likeness (QED) is 0.137. The summed E-state index contributed by atoms with van der Waals surface area (Å²) in [6.45, 7) is 0. The predicted molar refractivity (Wildman–Crippen MR) is 286 cm³/mol. The molecule has 0 N–H and O–H groups in total. The monoisotopic (exact) mass is 897 g/mol. The van der Waals surface area contributed by atoms with Crippen LogP contribution in [0.25, 0.3) is 117 Å². The zero-order valence-corrected chi connectivity index (χ0v) is 38.1. The van der Waals surface area contributed by atoms with E-state index in [1.807, 2.05) is 42.6 Å². The summed E-state index contributed by atoms with van der Waals surface area (Å²) in [5.41, 5.74) is 16.4. The van der Waals surface area contributed by atoms with E-state index >= 15 is 0 Å². The van der Waals surface area contributed by atoms with Gasteiger partial charge in [-0.05, 0) is 88.7 Å². The van der Waals surface area contributed by atoms with Gasteiger partial charge in [-0.2, -0.15) is 0 Å². The van der Waals surface area contributed by atoms with Crippen LogP contribution in [-0.2, 0) is 12.8 Å². The molecule has 6 heteroatoms. The summed E-state index contributed by atoms with van der Waals surface area (Å²) in [4.78, 5) is 21.1. The van der Waals surface area contributed by atoms with Crippen molar-refractivity contribution in [3.63, 3.8) is 0 Å². The Hall–Kier alpha value is -9.26. The number of aryl methyl sites for hydroxylation is 2. The van der Waals surface area contributed by atoms with Gasteiger partial charge in [0, 0.05) is 55.7 Å². The molecule has 4 heterocycles. The van der Waals surface area contributed by atoms with Gasteiger partial charge in [-0.15, -0.1) is 0 Å². The van der Waals surface area contributed by atoms with E-state index in [0.29, 0.717) is 30.3 Å². The zero-order chi connectivity index (χ0) is 46.4. The first-order valence-electron chi connectivity index (χ1n) is 23.8. The minimum atomic E-state index is 0.568. The van der Waals surface area contributed by atoms with Gasteiger partial charge in [-0.25, -0.2) is 15.0 Å². The van der Waals surface area contributed by atoms with Crippen LogP contribution in [0.2, 0.25) is 0 Å². The third-order valence-electron chi connectivity index (χ3n) is 13.5. The lowest BCUT2D eigenvalue weighted by Gasteiger charge is -2.18. The van der Waals surface area contributed by atoms with Gasteiger partial charge in [0.15, 0.2) is 17.5 Å². The summed E-state index contributed by atoms with van der Waals surface area (Å²) in [6, 6.07) is 80.4. The lowest BCUT2D eigenvalue weighted by molar-refractivity contribution is 0.669. The standard InChI is InChI=1S/C64H43N5O/c1-6-20-42(21-7-1)49-32-19-33-50(43-22-8-2-9-23-43)58(49)47-40-52(64-67-62(45-24-10-3-11-25-45)66-63(68-64)46-26-12-4-13-27-46)53(65-41-47)37-36-44-28-18-35-56-59(44)61-57(70-56)39-38-55-60(61)51-31-16-17-34-54(51)69(55)48-29-14-5-15-30-48/h1-35,38-41H,36-37H2. The maximum Gasteiger partial charge on any atom is 0.165 e. The minimum Gasteiger partial charge on any atom is -0.456 e.